The maximum Gasteiger partial charge on any atom is 0.0626 e. The fraction of sp³-hybridized carbons (Fsp3) is 0.625. The van der Waals surface area contributed by atoms with E-state index in [-0.39, 0.29) is 12.6 Å². The van der Waals surface area contributed by atoms with Crippen LogP contribution in [0.15, 0.2) is 30.3 Å². The van der Waals surface area contributed by atoms with Crippen molar-refractivity contribution in [2.75, 3.05) is 6.61 Å². The van der Waals surface area contributed by atoms with Crippen LogP contribution in [-0.4, -0.2) is 17.8 Å². The summed E-state index contributed by atoms with van der Waals surface area (Å²) in [7, 11) is 0. The molecule has 0 spiro atoms. The van der Waals surface area contributed by atoms with Gasteiger partial charge in [-0.15, -0.1) is 0 Å². The summed E-state index contributed by atoms with van der Waals surface area (Å²) >= 11 is 0. The van der Waals surface area contributed by atoms with E-state index < -0.39 is 0 Å². The van der Waals surface area contributed by atoms with Crippen molar-refractivity contribution in [3.63, 3.8) is 0 Å². The summed E-state index contributed by atoms with van der Waals surface area (Å²) in [6.07, 6.45) is 9.29. The molecule has 0 amide bonds. The molecule has 1 aliphatic rings. The molecule has 1 saturated carbocycles. The van der Waals surface area contributed by atoms with Crippen LogP contribution in [0.2, 0.25) is 0 Å². The Hall–Kier alpha value is -0.860. The number of nitrogens with one attached hydrogen (secondary N) is 1. The molecule has 0 unspecified atom stereocenters. The van der Waals surface area contributed by atoms with Crippen LogP contribution >= 0.6 is 0 Å². The molecule has 100 valence electrons. The molecule has 1 aromatic carbocycles. The molecule has 2 rings (SSSR count). The normalized spacial score (nSPS) is 20.1. The quantitative estimate of drug-likeness (QED) is 0.854. The first-order chi connectivity index (χ1) is 8.90. The summed E-state index contributed by atoms with van der Waals surface area (Å²) in [5.74, 6) is 0. The van der Waals surface area contributed by atoms with E-state index in [1.54, 1.807) is 0 Å². The van der Waals surface area contributed by atoms with Crippen molar-refractivity contribution < 1.29 is 5.11 Å². The molecule has 1 fully saturated rings. The molecule has 0 saturated heterocycles. The number of hydrogen-bond donors (Lipinski definition) is 2. The Balaban J connectivity index is 1.92. The van der Waals surface area contributed by atoms with Gasteiger partial charge in [0, 0.05) is 6.04 Å². The van der Waals surface area contributed by atoms with E-state index in [2.05, 4.69) is 17.4 Å². The SMILES string of the molecule is OC[C@@H](NC1CCCCCCC1)c1ccccc1. The van der Waals surface area contributed by atoms with Gasteiger partial charge in [0.25, 0.3) is 0 Å². The van der Waals surface area contributed by atoms with Gasteiger partial charge in [0.05, 0.1) is 12.6 Å². The van der Waals surface area contributed by atoms with Crippen LogP contribution < -0.4 is 5.32 Å². The van der Waals surface area contributed by atoms with Crippen molar-refractivity contribution in [1.29, 1.82) is 0 Å². The number of hydrogen-bond acceptors (Lipinski definition) is 2. The lowest BCUT2D eigenvalue weighted by atomic mass is 9.95. The van der Waals surface area contributed by atoms with Crippen molar-refractivity contribution in [1.82, 2.24) is 5.32 Å². The van der Waals surface area contributed by atoms with E-state index in [0.29, 0.717) is 6.04 Å². The molecule has 2 nitrogen and oxygen atoms in total. The Kier molecular flexibility index (Phi) is 5.69. The monoisotopic (exact) mass is 247 g/mol. The highest BCUT2D eigenvalue weighted by atomic mass is 16.3. The van der Waals surface area contributed by atoms with Crippen LogP contribution in [0.25, 0.3) is 0 Å². The Morgan fingerprint density at radius 2 is 1.61 bits per heavy atom. The lowest BCUT2D eigenvalue weighted by molar-refractivity contribution is 0.223. The third-order valence-electron chi connectivity index (χ3n) is 3.93. The van der Waals surface area contributed by atoms with Crippen molar-refractivity contribution in [3.8, 4) is 0 Å². The summed E-state index contributed by atoms with van der Waals surface area (Å²) in [5.41, 5.74) is 1.20. The third kappa shape index (κ3) is 4.11. The minimum absolute atomic E-state index is 0.0932. The molecule has 2 heteroatoms. The third-order valence-corrected chi connectivity index (χ3v) is 3.93. The first-order valence-electron chi connectivity index (χ1n) is 7.32. The van der Waals surface area contributed by atoms with E-state index >= 15 is 0 Å². The van der Waals surface area contributed by atoms with Gasteiger partial charge in [0.15, 0.2) is 0 Å². The smallest absolute Gasteiger partial charge is 0.0626 e. The number of benzene rings is 1. The molecular formula is C16H25NO. The molecule has 1 aliphatic carbocycles. The molecule has 0 aromatic heterocycles. The predicted octanol–water partition coefficient (Wildman–Crippen LogP) is 3.42. The van der Waals surface area contributed by atoms with Crippen molar-refractivity contribution >= 4 is 0 Å². The Morgan fingerprint density at radius 3 is 2.22 bits per heavy atom. The molecular weight excluding hydrogens is 222 g/mol. The van der Waals surface area contributed by atoms with E-state index in [4.69, 9.17) is 0 Å². The van der Waals surface area contributed by atoms with Crippen LogP contribution in [0.3, 0.4) is 0 Å². The summed E-state index contributed by atoms with van der Waals surface area (Å²) in [5, 5.41) is 13.2. The van der Waals surface area contributed by atoms with Crippen LogP contribution in [0.1, 0.15) is 56.6 Å². The van der Waals surface area contributed by atoms with Gasteiger partial charge in [-0.1, -0.05) is 62.4 Å². The van der Waals surface area contributed by atoms with Gasteiger partial charge < -0.3 is 10.4 Å². The molecule has 0 radical (unpaired) electrons. The van der Waals surface area contributed by atoms with E-state index in [1.807, 2.05) is 18.2 Å². The highest BCUT2D eigenvalue weighted by Gasteiger charge is 2.16. The van der Waals surface area contributed by atoms with Gasteiger partial charge in [-0.25, -0.2) is 0 Å². The lowest BCUT2D eigenvalue weighted by Crippen LogP contribution is -2.35. The maximum atomic E-state index is 9.57. The Morgan fingerprint density at radius 1 is 1.00 bits per heavy atom. The first kappa shape index (κ1) is 13.6. The second-order valence-corrected chi connectivity index (χ2v) is 5.35. The van der Waals surface area contributed by atoms with Gasteiger partial charge >= 0.3 is 0 Å². The summed E-state index contributed by atoms with van der Waals surface area (Å²) in [6.45, 7) is 0.181. The van der Waals surface area contributed by atoms with Crippen molar-refractivity contribution in [3.05, 3.63) is 35.9 Å². The fourth-order valence-corrected chi connectivity index (χ4v) is 2.85. The zero-order chi connectivity index (χ0) is 12.6. The highest BCUT2D eigenvalue weighted by molar-refractivity contribution is 5.19. The van der Waals surface area contributed by atoms with E-state index in [1.165, 1.54) is 50.5 Å². The summed E-state index contributed by atoms with van der Waals surface area (Å²) in [6, 6.07) is 11.0. The average Bonchev–Trinajstić information content (AvgIpc) is 2.39. The van der Waals surface area contributed by atoms with Crippen molar-refractivity contribution in [2.24, 2.45) is 0 Å². The molecule has 0 aliphatic heterocycles. The topological polar surface area (TPSA) is 32.3 Å². The van der Waals surface area contributed by atoms with Crippen LogP contribution in [-0.2, 0) is 0 Å². The number of aliphatic hydroxyl groups excluding tert-OH is 1. The summed E-state index contributed by atoms with van der Waals surface area (Å²) in [4.78, 5) is 0. The van der Waals surface area contributed by atoms with Crippen LogP contribution in [0.5, 0.6) is 0 Å². The molecule has 0 bridgehead atoms. The largest absolute Gasteiger partial charge is 0.394 e. The molecule has 2 N–H and O–H groups in total. The molecule has 0 heterocycles. The van der Waals surface area contributed by atoms with Gasteiger partial charge in [0.1, 0.15) is 0 Å². The second kappa shape index (κ2) is 7.55. The zero-order valence-electron chi connectivity index (χ0n) is 11.1. The average molecular weight is 247 g/mol. The van der Waals surface area contributed by atoms with Gasteiger partial charge in [-0.3, -0.25) is 0 Å². The lowest BCUT2D eigenvalue weighted by Gasteiger charge is -2.26. The molecule has 1 aromatic rings. The first-order valence-corrected chi connectivity index (χ1v) is 7.32. The predicted molar refractivity (Wildman–Crippen MR) is 75.5 cm³/mol. The molecule has 18 heavy (non-hydrogen) atoms. The van der Waals surface area contributed by atoms with Crippen molar-refractivity contribution in [2.45, 2.75) is 57.0 Å². The van der Waals surface area contributed by atoms with Crippen LogP contribution in [0, 0.1) is 0 Å². The number of rotatable bonds is 4. The minimum Gasteiger partial charge on any atom is -0.394 e. The maximum absolute atomic E-state index is 9.57. The Bertz CT molecular complexity index is 317. The molecule has 1 atom stereocenters. The van der Waals surface area contributed by atoms with Gasteiger partial charge in [0.2, 0.25) is 0 Å². The van der Waals surface area contributed by atoms with Crippen LogP contribution in [0.4, 0.5) is 0 Å². The Labute approximate surface area is 110 Å². The van der Waals surface area contributed by atoms with Gasteiger partial charge in [-0.2, -0.15) is 0 Å². The standard InChI is InChI=1S/C16H25NO/c18-13-16(14-9-5-4-6-10-14)17-15-11-7-2-1-3-8-12-15/h4-6,9-10,15-18H,1-3,7-8,11-13H2/t16-/m1/s1. The number of aliphatic hydroxyl groups is 1. The van der Waals surface area contributed by atoms with E-state index in [0.717, 1.165) is 0 Å². The zero-order valence-corrected chi connectivity index (χ0v) is 11.1. The minimum atomic E-state index is 0.0932. The van der Waals surface area contributed by atoms with Gasteiger partial charge in [-0.05, 0) is 18.4 Å². The summed E-state index contributed by atoms with van der Waals surface area (Å²) < 4.78 is 0. The second-order valence-electron chi connectivity index (χ2n) is 5.35. The fourth-order valence-electron chi connectivity index (χ4n) is 2.85. The highest BCUT2D eigenvalue weighted by Crippen LogP contribution is 2.20. The van der Waals surface area contributed by atoms with E-state index in [9.17, 15) is 5.11 Å².